The maximum absolute atomic E-state index is 13.9. The third-order valence-electron chi connectivity index (χ3n) is 3.58. The van der Waals surface area contributed by atoms with Gasteiger partial charge in [0.25, 0.3) is 0 Å². The summed E-state index contributed by atoms with van der Waals surface area (Å²) >= 11 is 0. The van der Waals surface area contributed by atoms with Gasteiger partial charge in [0.1, 0.15) is 17.0 Å². The van der Waals surface area contributed by atoms with E-state index in [2.05, 4.69) is 14.5 Å². The van der Waals surface area contributed by atoms with Crippen LogP contribution in [0.3, 0.4) is 0 Å². The number of para-hydroxylation sites is 1. The minimum atomic E-state index is -0.299. The molecule has 5 heteroatoms. The van der Waals surface area contributed by atoms with E-state index in [1.54, 1.807) is 12.1 Å². The lowest BCUT2D eigenvalue weighted by Gasteiger charge is -2.07. The number of rotatable bonds is 2. The maximum atomic E-state index is 13.9. The SMILES string of the molecule is Nc1cccc(-c2nc3c(F)cccc3n2C2CC2)n1. The van der Waals surface area contributed by atoms with Gasteiger partial charge in [0, 0.05) is 6.04 Å². The van der Waals surface area contributed by atoms with Crippen molar-refractivity contribution >= 4 is 16.9 Å². The van der Waals surface area contributed by atoms with Gasteiger partial charge in [-0.25, -0.2) is 14.4 Å². The van der Waals surface area contributed by atoms with E-state index in [4.69, 9.17) is 5.73 Å². The summed E-state index contributed by atoms with van der Waals surface area (Å²) in [6.07, 6.45) is 2.19. The van der Waals surface area contributed by atoms with Gasteiger partial charge in [-0.1, -0.05) is 12.1 Å². The topological polar surface area (TPSA) is 56.7 Å². The Morgan fingerprint density at radius 1 is 1.10 bits per heavy atom. The standard InChI is InChI=1S/C15H13FN4/c16-10-3-1-5-12-14(10)19-15(20(12)9-7-8-9)11-4-2-6-13(17)18-11/h1-6,9H,7-8H2,(H2,17,18). The second-order valence-corrected chi connectivity index (χ2v) is 5.09. The largest absolute Gasteiger partial charge is 0.384 e. The van der Waals surface area contributed by atoms with E-state index in [0.29, 0.717) is 28.9 Å². The number of aromatic nitrogens is 3. The predicted molar refractivity (Wildman–Crippen MR) is 75.6 cm³/mol. The van der Waals surface area contributed by atoms with Gasteiger partial charge in [-0.3, -0.25) is 0 Å². The van der Waals surface area contributed by atoms with Crippen molar-refractivity contribution < 1.29 is 4.39 Å². The third kappa shape index (κ3) is 1.66. The summed E-state index contributed by atoms with van der Waals surface area (Å²) in [6, 6.07) is 10.9. The van der Waals surface area contributed by atoms with Crippen LogP contribution >= 0.6 is 0 Å². The van der Waals surface area contributed by atoms with Gasteiger partial charge in [-0.2, -0.15) is 0 Å². The molecule has 1 fully saturated rings. The van der Waals surface area contributed by atoms with Crippen LogP contribution in [0.1, 0.15) is 18.9 Å². The molecule has 4 nitrogen and oxygen atoms in total. The zero-order chi connectivity index (χ0) is 13.7. The normalized spacial score (nSPS) is 14.8. The first-order valence-corrected chi connectivity index (χ1v) is 6.63. The Kier molecular flexibility index (Phi) is 2.30. The van der Waals surface area contributed by atoms with Crippen molar-refractivity contribution in [3.05, 3.63) is 42.2 Å². The molecule has 0 unspecified atom stereocenters. The van der Waals surface area contributed by atoms with Crippen LogP contribution in [0.4, 0.5) is 10.2 Å². The van der Waals surface area contributed by atoms with Gasteiger partial charge in [-0.05, 0) is 37.1 Å². The molecule has 20 heavy (non-hydrogen) atoms. The fourth-order valence-corrected chi connectivity index (χ4v) is 2.54. The predicted octanol–water partition coefficient (Wildman–Crippen LogP) is 3.15. The van der Waals surface area contributed by atoms with Crippen LogP contribution in [-0.4, -0.2) is 14.5 Å². The molecule has 2 heterocycles. The maximum Gasteiger partial charge on any atom is 0.160 e. The molecule has 100 valence electrons. The van der Waals surface area contributed by atoms with Crippen LogP contribution in [0, 0.1) is 5.82 Å². The minimum Gasteiger partial charge on any atom is -0.384 e. The molecule has 0 saturated heterocycles. The first-order chi connectivity index (χ1) is 9.74. The fraction of sp³-hybridized carbons (Fsp3) is 0.200. The van der Waals surface area contributed by atoms with Gasteiger partial charge in [-0.15, -0.1) is 0 Å². The summed E-state index contributed by atoms with van der Waals surface area (Å²) in [4.78, 5) is 8.77. The van der Waals surface area contributed by atoms with Crippen molar-refractivity contribution in [1.82, 2.24) is 14.5 Å². The number of hydrogen-bond donors (Lipinski definition) is 1. The van der Waals surface area contributed by atoms with Crippen LogP contribution in [0.25, 0.3) is 22.6 Å². The first-order valence-electron chi connectivity index (χ1n) is 6.63. The molecule has 0 atom stereocenters. The number of hydrogen-bond acceptors (Lipinski definition) is 3. The van der Waals surface area contributed by atoms with E-state index >= 15 is 0 Å². The Hall–Kier alpha value is -2.43. The van der Waals surface area contributed by atoms with Crippen molar-refractivity contribution in [3.63, 3.8) is 0 Å². The molecule has 0 spiro atoms. The fourth-order valence-electron chi connectivity index (χ4n) is 2.54. The summed E-state index contributed by atoms with van der Waals surface area (Å²) in [5, 5.41) is 0. The molecule has 2 aromatic heterocycles. The highest BCUT2D eigenvalue weighted by atomic mass is 19.1. The Balaban J connectivity index is 2.03. The number of fused-ring (bicyclic) bond motifs is 1. The number of nitrogens with zero attached hydrogens (tertiary/aromatic N) is 3. The number of benzene rings is 1. The van der Waals surface area contributed by atoms with E-state index in [9.17, 15) is 4.39 Å². The van der Waals surface area contributed by atoms with E-state index in [1.165, 1.54) is 6.07 Å². The Morgan fingerprint density at radius 3 is 2.65 bits per heavy atom. The van der Waals surface area contributed by atoms with Crippen LogP contribution in [0.5, 0.6) is 0 Å². The van der Waals surface area contributed by atoms with Gasteiger partial charge in [0.15, 0.2) is 11.6 Å². The molecule has 0 aliphatic heterocycles. The molecule has 4 rings (SSSR count). The highest BCUT2D eigenvalue weighted by Gasteiger charge is 2.29. The second kappa shape index (κ2) is 4.03. The molecule has 1 saturated carbocycles. The van der Waals surface area contributed by atoms with Crippen molar-refractivity contribution in [3.8, 4) is 11.5 Å². The lowest BCUT2D eigenvalue weighted by molar-refractivity contribution is 0.637. The Bertz CT molecular complexity index is 805. The Morgan fingerprint density at radius 2 is 1.90 bits per heavy atom. The molecular formula is C15H13FN4. The highest BCUT2D eigenvalue weighted by Crippen LogP contribution is 2.41. The molecule has 1 aromatic carbocycles. The summed E-state index contributed by atoms with van der Waals surface area (Å²) in [5.74, 6) is 0.837. The van der Waals surface area contributed by atoms with Crippen molar-refractivity contribution in [2.24, 2.45) is 0 Å². The van der Waals surface area contributed by atoms with Crippen molar-refractivity contribution in [2.75, 3.05) is 5.73 Å². The van der Waals surface area contributed by atoms with E-state index in [1.807, 2.05) is 18.2 Å². The molecule has 1 aliphatic carbocycles. The summed E-state index contributed by atoms with van der Waals surface area (Å²) in [5.41, 5.74) is 7.65. The number of anilines is 1. The summed E-state index contributed by atoms with van der Waals surface area (Å²) in [7, 11) is 0. The van der Waals surface area contributed by atoms with Gasteiger partial charge in [0.2, 0.25) is 0 Å². The second-order valence-electron chi connectivity index (χ2n) is 5.09. The number of pyridine rings is 1. The van der Waals surface area contributed by atoms with Crippen LogP contribution in [-0.2, 0) is 0 Å². The quantitative estimate of drug-likeness (QED) is 0.776. The van der Waals surface area contributed by atoms with E-state index in [0.717, 1.165) is 18.4 Å². The van der Waals surface area contributed by atoms with Crippen LogP contribution < -0.4 is 5.73 Å². The molecule has 3 aromatic rings. The Labute approximate surface area is 115 Å². The highest BCUT2D eigenvalue weighted by molar-refractivity contribution is 5.81. The molecule has 0 bridgehead atoms. The first kappa shape index (κ1) is 11.4. The monoisotopic (exact) mass is 268 g/mol. The molecule has 2 N–H and O–H groups in total. The van der Waals surface area contributed by atoms with Crippen molar-refractivity contribution in [1.29, 1.82) is 0 Å². The average Bonchev–Trinajstić information content (AvgIpc) is 3.19. The zero-order valence-corrected chi connectivity index (χ0v) is 10.8. The summed E-state index contributed by atoms with van der Waals surface area (Å²) < 4.78 is 16.0. The lowest BCUT2D eigenvalue weighted by Crippen LogP contribution is -2.00. The average molecular weight is 268 g/mol. The molecule has 0 amide bonds. The van der Waals surface area contributed by atoms with Crippen LogP contribution in [0.2, 0.25) is 0 Å². The number of imidazole rings is 1. The van der Waals surface area contributed by atoms with Gasteiger partial charge in [0.05, 0.1) is 5.52 Å². The molecule has 0 radical (unpaired) electrons. The van der Waals surface area contributed by atoms with E-state index in [-0.39, 0.29) is 5.82 Å². The molecule has 1 aliphatic rings. The van der Waals surface area contributed by atoms with Crippen molar-refractivity contribution in [2.45, 2.75) is 18.9 Å². The zero-order valence-electron chi connectivity index (χ0n) is 10.8. The molecular weight excluding hydrogens is 255 g/mol. The number of nitrogen functional groups attached to an aromatic ring is 1. The van der Waals surface area contributed by atoms with Crippen LogP contribution in [0.15, 0.2) is 36.4 Å². The number of halogens is 1. The minimum absolute atomic E-state index is 0.299. The van der Waals surface area contributed by atoms with Gasteiger partial charge >= 0.3 is 0 Å². The number of nitrogens with two attached hydrogens (primary N) is 1. The van der Waals surface area contributed by atoms with E-state index < -0.39 is 0 Å². The third-order valence-corrected chi connectivity index (χ3v) is 3.58. The summed E-state index contributed by atoms with van der Waals surface area (Å²) in [6.45, 7) is 0. The van der Waals surface area contributed by atoms with Gasteiger partial charge < -0.3 is 10.3 Å². The smallest absolute Gasteiger partial charge is 0.160 e. The lowest BCUT2D eigenvalue weighted by atomic mass is 10.3.